The van der Waals surface area contributed by atoms with E-state index < -0.39 is 5.97 Å². The van der Waals surface area contributed by atoms with Crippen LogP contribution in [0.2, 0.25) is 0 Å². The van der Waals surface area contributed by atoms with Crippen LogP contribution in [0.5, 0.6) is 5.75 Å². The van der Waals surface area contributed by atoms with Crippen molar-refractivity contribution >= 4 is 23.0 Å². The van der Waals surface area contributed by atoms with Gasteiger partial charge in [0.05, 0.1) is 16.7 Å². The first kappa shape index (κ1) is 22.0. The number of hydrogen-bond acceptors (Lipinski definition) is 5. The summed E-state index contributed by atoms with van der Waals surface area (Å²) in [6.45, 7) is 6.11. The fourth-order valence-corrected chi connectivity index (χ4v) is 4.14. The molecule has 160 valence electrons. The number of carbonyl (C=O) groups is 1. The van der Waals surface area contributed by atoms with Crippen LogP contribution in [-0.2, 0) is 0 Å². The van der Waals surface area contributed by atoms with Crippen LogP contribution in [0, 0.1) is 17.3 Å². The van der Waals surface area contributed by atoms with E-state index >= 15 is 0 Å². The highest BCUT2D eigenvalue weighted by molar-refractivity contribution is 7.15. The Morgan fingerprint density at radius 3 is 2.67 bits per heavy atom. The molecule has 3 rings (SSSR count). The number of ether oxygens (including phenoxy) is 1. The molecule has 2 heterocycles. The first-order chi connectivity index (χ1) is 14.2. The second-order valence-corrected chi connectivity index (χ2v) is 9.53. The number of anilines is 1. The van der Waals surface area contributed by atoms with E-state index in [1.807, 2.05) is 51.4 Å². The van der Waals surface area contributed by atoms with E-state index in [9.17, 15) is 9.90 Å². The van der Waals surface area contributed by atoms with Gasteiger partial charge in [-0.25, -0.2) is 4.79 Å². The molecule has 0 aromatic carbocycles. The van der Waals surface area contributed by atoms with Crippen molar-refractivity contribution in [2.24, 2.45) is 5.41 Å². The average molecular weight is 430 g/mol. The summed E-state index contributed by atoms with van der Waals surface area (Å²) in [6.07, 6.45) is 7.42. The molecule has 2 aromatic heterocycles. The number of hydrogen-bond donors (Lipinski definition) is 2. The smallest absolute Gasteiger partial charge is 0.348 e. The summed E-state index contributed by atoms with van der Waals surface area (Å²) < 4.78 is 7.69. The average Bonchev–Trinajstić information content (AvgIpc) is 3.11. The maximum Gasteiger partial charge on any atom is 0.348 e. The number of rotatable bonds is 6. The number of carboxylic acid groups (broad SMARTS) is 1. The number of carboxylic acids is 1. The van der Waals surface area contributed by atoms with Crippen LogP contribution in [0.1, 0.15) is 61.0 Å². The molecular weight excluding hydrogens is 400 g/mol. The highest BCUT2D eigenvalue weighted by atomic mass is 32.1. The third-order valence-electron chi connectivity index (χ3n) is 4.78. The molecule has 0 amide bonds. The van der Waals surface area contributed by atoms with E-state index in [4.69, 9.17) is 9.57 Å². The van der Waals surface area contributed by atoms with Gasteiger partial charge >= 0.3 is 5.97 Å². The number of nitrogens with one attached hydrogen (secondary N) is 1. The maximum atomic E-state index is 11.7. The topological polar surface area (TPSA) is 71.7 Å². The SMILES string of the molecule is CO[n+]1cccc(OC2CCC(Nc3cc(C#CC(C)(C)C)sc3C(=O)O)CC2)c1. The van der Waals surface area contributed by atoms with Crippen molar-refractivity contribution in [2.75, 3.05) is 12.4 Å². The number of pyridine rings is 1. The first-order valence-electron chi connectivity index (χ1n) is 10.1. The fourth-order valence-electron chi connectivity index (χ4n) is 3.32. The quantitative estimate of drug-likeness (QED) is 0.537. The second kappa shape index (κ2) is 9.40. The molecule has 0 radical (unpaired) electrons. The predicted molar refractivity (Wildman–Crippen MR) is 117 cm³/mol. The van der Waals surface area contributed by atoms with Gasteiger partial charge in [-0.2, -0.15) is 0 Å². The van der Waals surface area contributed by atoms with Crippen LogP contribution < -0.4 is 19.6 Å². The summed E-state index contributed by atoms with van der Waals surface area (Å²) in [7, 11) is 1.61. The molecule has 0 spiro atoms. The van der Waals surface area contributed by atoms with E-state index in [1.165, 1.54) is 11.3 Å². The van der Waals surface area contributed by atoms with E-state index in [-0.39, 0.29) is 17.6 Å². The number of aromatic nitrogens is 1. The highest BCUT2D eigenvalue weighted by Gasteiger charge is 2.25. The van der Waals surface area contributed by atoms with Crippen LogP contribution >= 0.6 is 11.3 Å². The van der Waals surface area contributed by atoms with Crippen molar-refractivity contribution in [1.82, 2.24) is 0 Å². The molecule has 0 aliphatic heterocycles. The number of thiophene rings is 1. The Bertz CT molecular complexity index is 944. The van der Waals surface area contributed by atoms with Crippen molar-refractivity contribution in [3.05, 3.63) is 40.3 Å². The minimum absolute atomic E-state index is 0.124. The molecular formula is C23H29N2O4S+. The molecule has 1 aliphatic rings. The van der Waals surface area contributed by atoms with Gasteiger partial charge in [0.1, 0.15) is 12.0 Å². The van der Waals surface area contributed by atoms with E-state index in [0.717, 1.165) is 36.3 Å². The number of aromatic carboxylic acids is 1. The molecule has 0 atom stereocenters. The normalized spacial score (nSPS) is 18.8. The lowest BCUT2D eigenvalue weighted by Crippen LogP contribution is -2.39. The summed E-state index contributed by atoms with van der Waals surface area (Å²) in [5.41, 5.74) is 0.542. The minimum atomic E-state index is -0.918. The van der Waals surface area contributed by atoms with Gasteiger partial charge in [-0.3, -0.25) is 4.84 Å². The van der Waals surface area contributed by atoms with Gasteiger partial charge in [0.15, 0.2) is 5.75 Å². The largest absolute Gasteiger partial charge is 0.484 e. The van der Waals surface area contributed by atoms with E-state index in [0.29, 0.717) is 10.6 Å². The summed E-state index contributed by atoms with van der Waals surface area (Å²) >= 11 is 1.23. The van der Waals surface area contributed by atoms with Gasteiger partial charge in [-0.05, 0) is 58.6 Å². The zero-order valence-electron chi connectivity index (χ0n) is 17.9. The van der Waals surface area contributed by atoms with Gasteiger partial charge in [0.25, 0.3) is 6.20 Å². The Kier molecular flexibility index (Phi) is 6.88. The molecule has 1 aliphatic carbocycles. The van der Waals surface area contributed by atoms with Crippen molar-refractivity contribution < 1.29 is 24.2 Å². The Hall–Kier alpha value is -2.72. The highest BCUT2D eigenvalue weighted by Crippen LogP contribution is 2.31. The Morgan fingerprint density at radius 1 is 1.30 bits per heavy atom. The monoisotopic (exact) mass is 429 g/mol. The standard InChI is InChI=1S/C23H28N2O4S/c1-23(2,3)12-11-19-14-20(21(30-19)22(26)27)24-16-7-9-17(10-8-16)29-18-6-5-13-25(15-18)28-4/h5-6,13-17,24H,7-10H2,1-4H3/p+1. The van der Waals surface area contributed by atoms with Crippen LogP contribution in [0.3, 0.4) is 0 Å². The molecule has 1 fully saturated rings. The third-order valence-corrected chi connectivity index (χ3v) is 5.82. The lowest BCUT2D eigenvalue weighted by atomic mass is 9.92. The van der Waals surface area contributed by atoms with Gasteiger partial charge in [-0.1, -0.05) is 11.8 Å². The summed E-state index contributed by atoms with van der Waals surface area (Å²) in [6, 6.07) is 5.89. The second-order valence-electron chi connectivity index (χ2n) is 8.48. The van der Waals surface area contributed by atoms with Crippen LogP contribution in [0.4, 0.5) is 5.69 Å². The molecule has 1 saturated carbocycles. The Labute approximate surface area is 181 Å². The summed E-state index contributed by atoms with van der Waals surface area (Å²) in [5, 5.41) is 13.0. The molecule has 0 saturated heterocycles. The Balaban J connectivity index is 1.60. The third kappa shape index (κ3) is 6.14. The summed E-state index contributed by atoms with van der Waals surface area (Å²) in [5.74, 6) is 6.15. The molecule has 30 heavy (non-hydrogen) atoms. The molecule has 0 bridgehead atoms. The van der Waals surface area contributed by atoms with E-state index in [1.54, 1.807) is 11.8 Å². The molecule has 2 N–H and O–H groups in total. The fraction of sp³-hybridized carbons (Fsp3) is 0.478. The van der Waals surface area contributed by atoms with Gasteiger partial charge in [0.2, 0.25) is 6.20 Å². The van der Waals surface area contributed by atoms with Crippen molar-refractivity contribution in [2.45, 2.75) is 58.6 Å². The van der Waals surface area contributed by atoms with Crippen molar-refractivity contribution in [3.63, 3.8) is 0 Å². The van der Waals surface area contributed by atoms with Gasteiger partial charge in [-0.15, -0.1) is 11.3 Å². The first-order valence-corrected chi connectivity index (χ1v) is 10.9. The minimum Gasteiger partial charge on any atom is -0.484 e. The summed E-state index contributed by atoms with van der Waals surface area (Å²) in [4.78, 5) is 17.9. The predicted octanol–water partition coefficient (Wildman–Crippen LogP) is 3.99. The molecule has 2 aromatic rings. The van der Waals surface area contributed by atoms with Crippen LogP contribution in [0.15, 0.2) is 30.6 Å². The van der Waals surface area contributed by atoms with Crippen LogP contribution in [-0.4, -0.2) is 30.3 Å². The van der Waals surface area contributed by atoms with Crippen LogP contribution in [0.25, 0.3) is 0 Å². The Morgan fingerprint density at radius 2 is 2.03 bits per heavy atom. The number of nitrogens with zero attached hydrogens (tertiary/aromatic N) is 1. The van der Waals surface area contributed by atoms with Crippen molar-refractivity contribution in [3.8, 4) is 17.6 Å². The molecule has 6 nitrogen and oxygen atoms in total. The zero-order valence-corrected chi connectivity index (χ0v) is 18.7. The molecule has 7 heteroatoms. The van der Waals surface area contributed by atoms with Gasteiger partial charge in [0, 0.05) is 22.3 Å². The van der Waals surface area contributed by atoms with Crippen molar-refractivity contribution in [1.29, 1.82) is 0 Å². The zero-order chi connectivity index (χ0) is 21.7. The maximum absolute atomic E-state index is 11.7. The van der Waals surface area contributed by atoms with E-state index in [2.05, 4.69) is 17.2 Å². The molecule has 0 unspecified atom stereocenters. The lowest BCUT2D eigenvalue weighted by Gasteiger charge is -2.29. The lowest BCUT2D eigenvalue weighted by molar-refractivity contribution is -0.885. The van der Waals surface area contributed by atoms with Gasteiger partial charge < -0.3 is 15.2 Å².